The summed E-state index contributed by atoms with van der Waals surface area (Å²) in [5, 5.41) is 0. The van der Waals surface area contributed by atoms with Gasteiger partial charge >= 0.3 is 11.9 Å². The molecule has 0 amide bonds. The van der Waals surface area contributed by atoms with Crippen molar-refractivity contribution in [2.24, 2.45) is 0 Å². The summed E-state index contributed by atoms with van der Waals surface area (Å²) < 4.78 is 10.7. The van der Waals surface area contributed by atoms with Crippen LogP contribution in [-0.4, -0.2) is 25.2 Å². The van der Waals surface area contributed by atoms with Crippen LogP contribution in [0, 0.1) is 0 Å². The fourth-order valence-corrected chi connectivity index (χ4v) is 3.64. The molecule has 0 spiro atoms. The third-order valence-corrected chi connectivity index (χ3v) is 5.79. The van der Waals surface area contributed by atoms with Gasteiger partial charge in [-0.15, -0.1) is 0 Å². The van der Waals surface area contributed by atoms with Crippen molar-refractivity contribution in [2.45, 2.75) is 104 Å². The Morgan fingerprint density at radius 3 is 1.50 bits per heavy atom. The van der Waals surface area contributed by atoms with Crippen LogP contribution in [0.15, 0.2) is 48.1 Å². The van der Waals surface area contributed by atoms with Crippen molar-refractivity contribution in [3.8, 4) is 0 Å². The number of hydrogen-bond acceptors (Lipinski definition) is 4. The largest absolute Gasteiger partial charge is 0.462 e. The molecule has 0 unspecified atom stereocenters. The zero-order chi connectivity index (χ0) is 24.9. The van der Waals surface area contributed by atoms with Crippen LogP contribution in [0.5, 0.6) is 0 Å². The summed E-state index contributed by atoms with van der Waals surface area (Å²) in [7, 11) is 0. The second-order valence-electron chi connectivity index (χ2n) is 9.00. The third-order valence-electron chi connectivity index (χ3n) is 5.79. The van der Waals surface area contributed by atoms with Crippen molar-refractivity contribution in [3.05, 3.63) is 59.2 Å². The lowest BCUT2D eigenvalue weighted by atomic mass is 10.1. The summed E-state index contributed by atoms with van der Waals surface area (Å²) in [5.74, 6) is -0.888. The molecular weight excluding hydrogens is 424 g/mol. The molecule has 0 aromatic heterocycles. The minimum absolute atomic E-state index is 0.293. The van der Waals surface area contributed by atoms with Gasteiger partial charge < -0.3 is 9.47 Å². The zero-order valence-electron chi connectivity index (χ0n) is 21.8. The molecule has 1 aliphatic rings. The Labute approximate surface area is 207 Å². The van der Waals surface area contributed by atoms with Crippen LogP contribution in [0.1, 0.15) is 125 Å². The van der Waals surface area contributed by atoms with Crippen LogP contribution in [-0.2, 0) is 9.47 Å². The molecule has 0 heterocycles. The molecule has 4 heteroatoms. The van der Waals surface area contributed by atoms with Crippen LogP contribution < -0.4 is 0 Å². The smallest absolute Gasteiger partial charge is 0.339 e. The molecule has 0 saturated heterocycles. The van der Waals surface area contributed by atoms with E-state index in [0.717, 1.165) is 25.7 Å². The summed E-state index contributed by atoms with van der Waals surface area (Å²) in [6.45, 7) is 7.31. The lowest BCUT2D eigenvalue weighted by Crippen LogP contribution is -2.15. The molecule has 1 aliphatic carbocycles. The molecule has 0 saturated carbocycles. The van der Waals surface area contributed by atoms with Gasteiger partial charge in [0.15, 0.2) is 0 Å². The molecule has 1 aromatic carbocycles. The minimum atomic E-state index is -0.444. The lowest BCUT2D eigenvalue weighted by Gasteiger charge is -2.10. The second-order valence-corrected chi connectivity index (χ2v) is 9.00. The Kier molecular flexibility index (Phi) is 17.5. The summed E-state index contributed by atoms with van der Waals surface area (Å²) >= 11 is 0. The van der Waals surface area contributed by atoms with E-state index in [1.807, 2.05) is 0 Å². The van der Waals surface area contributed by atoms with Gasteiger partial charge in [-0.05, 0) is 38.3 Å². The molecule has 2 rings (SSSR count). The van der Waals surface area contributed by atoms with Gasteiger partial charge in [-0.25, -0.2) is 9.59 Å². The van der Waals surface area contributed by atoms with Crippen molar-refractivity contribution in [3.63, 3.8) is 0 Å². The first kappa shape index (κ1) is 29.7. The summed E-state index contributed by atoms with van der Waals surface area (Å²) in [4.78, 5) is 24.7. The maximum atomic E-state index is 12.4. The second kappa shape index (κ2) is 20.1. The van der Waals surface area contributed by atoms with Gasteiger partial charge in [0.1, 0.15) is 0 Å². The number of carbonyl (C=O) groups is 2. The van der Waals surface area contributed by atoms with E-state index in [0.29, 0.717) is 24.3 Å². The van der Waals surface area contributed by atoms with Crippen molar-refractivity contribution in [2.75, 3.05) is 13.2 Å². The van der Waals surface area contributed by atoms with Crippen molar-refractivity contribution < 1.29 is 19.1 Å². The number of hydrogen-bond donors (Lipinski definition) is 0. The average molecular weight is 471 g/mol. The molecule has 34 heavy (non-hydrogen) atoms. The van der Waals surface area contributed by atoms with Crippen LogP contribution in [0.4, 0.5) is 0 Å². The molecule has 0 fully saturated rings. The standard InChI is InChI=1S/C24H38O4.C6H8/c1-3-5-7-9-11-15-19-27-23(25)21-17-13-14-18-22(21)24(26)28-20-16-12-10-8-6-4-2;1-6-4-2-3-5-6/h13-14,17-18H,3-12,15-16,19-20H2,1-2H3;2-4H,5H2,1H3. The number of esters is 2. The lowest BCUT2D eigenvalue weighted by molar-refractivity contribution is 0.0450. The summed E-state index contributed by atoms with van der Waals surface area (Å²) in [5.41, 5.74) is 2.05. The predicted octanol–water partition coefficient (Wildman–Crippen LogP) is 8.61. The molecule has 0 radical (unpaired) electrons. The highest BCUT2D eigenvalue weighted by Crippen LogP contribution is 2.14. The Hall–Kier alpha value is -2.36. The first-order valence-corrected chi connectivity index (χ1v) is 13.4. The molecule has 0 aliphatic heterocycles. The van der Waals surface area contributed by atoms with E-state index in [9.17, 15) is 9.59 Å². The number of allylic oxidation sites excluding steroid dienone is 4. The Balaban J connectivity index is 0.000000830. The van der Waals surface area contributed by atoms with E-state index in [-0.39, 0.29) is 0 Å². The monoisotopic (exact) mass is 470 g/mol. The van der Waals surface area contributed by atoms with Crippen molar-refractivity contribution in [1.82, 2.24) is 0 Å². The molecule has 0 N–H and O–H groups in total. The number of unbranched alkanes of at least 4 members (excludes halogenated alkanes) is 10. The van der Waals surface area contributed by atoms with Crippen molar-refractivity contribution >= 4 is 11.9 Å². The summed E-state index contributed by atoms with van der Waals surface area (Å²) in [6, 6.07) is 6.74. The highest BCUT2D eigenvalue weighted by Gasteiger charge is 2.18. The first-order valence-electron chi connectivity index (χ1n) is 13.4. The summed E-state index contributed by atoms with van der Waals surface area (Å²) in [6.07, 6.45) is 21.2. The minimum Gasteiger partial charge on any atom is -0.462 e. The van der Waals surface area contributed by atoms with Gasteiger partial charge in [0.2, 0.25) is 0 Å². The average Bonchev–Trinajstić information content (AvgIpc) is 3.34. The molecule has 1 aromatic rings. The van der Waals surface area contributed by atoms with Gasteiger partial charge in [0.05, 0.1) is 24.3 Å². The van der Waals surface area contributed by atoms with Crippen molar-refractivity contribution in [1.29, 1.82) is 0 Å². The maximum absolute atomic E-state index is 12.4. The van der Waals surface area contributed by atoms with E-state index in [1.54, 1.807) is 24.3 Å². The van der Waals surface area contributed by atoms with E-state index >= 15 is 0 Å². The maximum Gasteiger partial charge on any atom is 0.339 e. The van der Waals surface area contributed by atoms with E-state index < -0.39 is 11.9 Å². The number of rotatable bonds is 16. The molecule has 0 atom stereocenters. The van der Waals surface area contributed by atoms with Gasteiger partial charge in [-0.1, -0.05) is 114 Å². The van der Waals surface area contributed by atoms with E-state index in [1.165, 1.54) is 63.4 Å². The highest BCUT2D eigenvalue weighted by molar-refractivity contribution is 6.03. The van der Waals surface area contributed by atoms with Crippen LogP contribution in [0.3, 0.4) is 0 Å². The topological polar surface area (TPSA) is 52.6 Å². The van der Waals surface area contributed by atoms with Gasteiger partial charge in [0, 0.05) is 0 Å². The Morgan fingerprint density at radius 2 is 1.15 bits per heavy atom. The first-order chi connectivity index (χ1) is 16.6. The zero-order valence-corrected chi connectivity index (χ0v) is 21.8. The predicted molar refractivity (Wildman–Crippen MR) is 141 cm³/mol. The van der Waals surface area contributed by atoms with E-state index in [2.05, 4.69) is 39.0 Å². The number of carbonyl (C=O) groups excluding carboxylic acids is 2. The van der Waals surface area contributed by atoms with Crippen LogP contribution >= 0.6 is 0 Å². The third kappa shape index (κ3) is 14.0. The fraction of sp³-hybridized carbons (Fsp3) is 0.600. The quantitative estimate of drug-likeness (QED) is 0.179. The fourth-order valence-electron chi connectivity index (χ4n) is 3.64. The molecule has 190 valence electrons. The van der Waals surface area contributed by atoms with E-state index in [4.69, 9.17) is 9.47 Å². The SMILES string of the molecule is CC1=CC=CC1.CCCCCCCCOC(=O)c1ccccc1C(=O)OCCCCCCCC. The molecule has 0 bridgehead atoms. The Bertz CT molecular complexity index is 699. The highest BCUT2D eigenvalue weighted by atomic mass is 16.5. The van der Waals surface area contributed by atoms with Gasteiger partial charge in [-0.2, -0.15) is 0 Å². The molecule has 4 nitrogen and oxygen atoms in total. The Morgan fingerprint density at radius 1 is 0.706 bits per heavy atom. The van der Waals surface area contributed by atoms with Crippen LogP contribution in [0.2, 0.25) is 0 Å². The normalized spacial score (nSPS) is 12.0. The van der Waals surface area contributed by atoms with Gasteiger partial charge in [0.25, 0.3) is 0 Å². The van der Waals surface area contributed by atoms with Gasteiger partial charge in [-0.3, -0.25) is 0 Å². The molecular formula is C30H46O4. The number of ether oxygens (including phenoxy) is 2. The number of benzene rings is 1. The van der Waals surface area contributed by atoms with Crippen LogP contribution in [0.25, 0.3) is 0 Å².